The number of carbonyl (C=O) groups excluding carboxylic acids is 1. The van der Waals surface area contributed by atoms with Gasteiger partial charge in [-0.25, -0.2) is 4.98 Å². The molecule has 1 unspecified atom stereocenters. The molecular formula is C21H27N3O4. The van der Waals surface area contributed by atoms with Gasteiger partial charge in [-0.2, -0.15) is 0 Å². The Balaban J connectivity index is 1.29. The smallest absolute Gasteiger partial charge is 0.251 e. The molecule has 4 rings (SSSR count). The van der Waals surface area contributed by atoms with Crippen LogP contribution in [0.1, 0.15) is 36.0 Å². The number of hydrogen-bond acceptors (Lipinski definition) is 5. The minimum Gasteiger partial charge on any atom is -0.490 e. The molecule has 2 heterocycles. The van der Waals surface area contributed by atoms with E-state index < -0.39 is 6.10 Å². The summed E-state index contributed by atoms with van der Waals surface area (Å²) in [7, 11) is 0. The number of aliphatic hydroxyl groups excluding tert-OH is 1. The first-order valence-electron chi connectivity index (χ1n) is 9.96. The quantitative estimate of drug-likeness (QED) is 0.795. The molecule has 1 aromatic carbocycles. The molecule has 3 atom stereocenters. The fourth-order valence-corrected chi connectivity index (χ4v) is 4.04. The number of aliphatic hydroxyl groups is 1. The Morgan fingerprint density at radius 2 is 2.04 bits per heavy atom. The van der Waals surface area contributed by atoms with E-state index >= 15 is 0 Å². The third kappa shape index (κ3) is 4.72. The van der Waals surface area contributed by atoms with Gasteiger partial charge in [0.1, 0.15) is 11.9 Å². The summed E-state index contributed by atoms with van der Waals surface area (Å²) in [5.74, 6) is 0.930. The van der Waals surface area contributed by atoms with Gasteiger partial charge < -0.3 is 24.5 Å². The Labute approximate surface area is 164 Å². The van der Waals surface area contributed by atoms with Crippen LogP contribution in [-0.2, 0) is 11.3 Å². The summed E-state index contributed by atoms with van der Waals surface area (Å²) < 4.78 is 13.3. The normalized spacial score (nSPS) is 25.5. The van der Waals surface area contributed by atoms with Gasteiger partial charge in [0, 0.05) is 37.3 Å². The molecule has 1 aliphatic carbocycles. The summed E-state index contributed by atoms with van der Waals surface area (Å²) >= 11 is 0. The molecule has 2 aliphatic rings. The summed E-state index contributed by atoms with van der Waals surface area (Å²) in [5.41, 5.74) is 0.574. The largest absolute Gasteiger partial charge is 0.490 e. The second kappa shape index (κ2) is 8.75. The lowest BCUT2D eigenvalue weighted by atomic mass is 10.1. The maximum Gasteiger partial charge on any atom is 0.251 e. The minimum absolute atomic E-state index is 0.162. The molecule has 1 aliphatic heterocycles. The van der Waals surface area contributed by atoms with Crippen LogP contribution in [0.4, 0.5) is 0 Å². The lowest BCUT2D eigenvalue weighted by Crippen LogP contribution is -2.39. The second-order valence-corrected chi connectivity index (χ2v) is 7.70. The van der Waals surface area contributed by atoms with Crippen LogP contribution in [0.5, 0.6) is 5.75 Å². The van der Waals surface area contributed by atoms with E-state index in [4.69, 9.17) is 9.47 Å². The lowest BCUT2D eigenvalue weighted by molar-refractivity contribution is 0.0256. The van der Waals surface area contributed by atoms with Crippen molar-refractivity contribution in [3.8, 4) is 5.75 Å². The van der Waals surface area contributed by atoms with Crippen molar-refractivity contribution in [1.29, 1.82) is 0 Å². The van der Waals surface area contributed by atoms with E-state index in [1.165, 1.54) is 0 Å². The molecule has 150 valence electrons. The monoisotopic (exact) mass is 385 g/mol. The average Bonchev–Trinajstić information content (AvgIpc) is 3.33. The van der Waals surface area contributed by atoms with E-state index in [-0.39, 0.29) is 18.1 Å². The van der Waals surface area contributed by atoms with Crippen molar-refractivity contribution in [3.05, 3.63) is 48.5 Å². The zero-order valence-corrected chi connectivity index (χ0v) is 15.9. The maximum atomic E-state index is 12.6. The summed E-state index contributed by atoms with van der Waals surface area (Å²) in [6.07, 6.45) is 8.33. The van der Waals surface area contributed by atoms with Gasteiger partial charge in [0.05, 0.1) is 31.7 Å². The molecule has 1 aromatic heterocycles. The molecule has 1 amide bonds. The molecule has 2 aromatic rings. The number of imidazole rings is 1. The highest BCUT2D eigenvalue weighted by Gasteiger charge is 2.34. The zero-order valence-electron chi connectivity index (χ0n) is 15.9. The van der Waals surface area contributed by atoms with Crippen LogP contribution >= 0.6 is 0 Å². The Bertz CT molecular complexity index is 756. The highest BCUT2D eigenvalue weighted by atomic mass is 16.5. The summed E-state index contributed by atoms with van der Waals surface area (Å²) in [6, 6.07) is 6.98. The molecule has 1 saturated heterocycles. The Morgan fingerprint density at radius 1 is 1.25 bits per heavy atom. The van der Waals surface area contributed by atoms with Crippen LogP contribution in [-0.4, -0.2) is 52.0 Å². The molecular weight excluding hydrogens is 358 g/mol. The molecule has 28 heavy (non-hydrogen) atoms. The van der Waals surface area contributed by atoms with Crippen LogP contribution in [0.15, 0.2) is 43.0 Å². The van der Waals surface area contributed by atoms with Crippen molar-refractivity contribution >= 4 is 5.91 Å². The van der Waals surface area contributed by atoms with Crippen LogP contribution in [0.25, 0.3) is 0 Å². The molecule has 0 bridgehead atoms. The van der Waals surface area contributed by atoms with Crippen molar-refractivity contribution in [2.24, 2.45) is 5.92 Å². The first-order valence-corrected chi connectivity index (χ1v) is 9.96. The second-order valence-electron chi connectivity index (χ2n) is 7.70. The first kappa shape index (κ1) is 19.0. The summed E-state index contributed by atoms with van der Waals surface area (Å²) in [4.78, 5) is 16.6. The van der Waals surface area contributed by atoms with E-state index in [1.807, 2.05) is 22.9 Å². The number of nitrogens with one attached hydrogen (secondary N) is 1. The highest BCUT2D eigenvalue weighted by Crippen LogP contribution is 2.28. The number of amides is 1. The fourth-order valence-electron chi connectivity index (χ4n) is 4.04. The Hall–Kier alpha value is -2.38. The van der Waals surface area contributed by atoms with Gasteiger partial charge in [0.2, 0.25) is 0 Å². The van der Waals surface area contributed by atoms with Crippen LogP contribution in [0, 0.1) is 5.92 Å². The van der Waals surface area contributed by atoms with E-state index in [9.17, 15) is 9.90 Å². The average molecular weight is 385 g/mol. The molecule has 2 fully saturated rings. The standard InChI is InChI=1S/C21H27N3O4/c25-20-12-15(13-24-8-7-22-14-24)11-19(20)23-21(26)16-1-3-17(4-2-16)28-18-5-9-27-10-6-18/h1-4,7-8,14-15,18-20,25H,5-6,9-13H2,(H,23,26)/t15?,19-,20-/m1/s1. The molecule has 7 nitrogen and oxygen atoms in total. The predicted molar refractivity (Wildman–Crippen MR) is 103 cm³/mol. The number of hydrogen-bond donors (Lipinski definition) is 2. The van der Waals surface area contributed by atoms with E-state index in [1.54, 1.807) is 24.7 Å². The number of rotatable bonds is 6. The minimum atomic E-state index is -0.520. The van der Waals surface area contributed by atoms with Gasteiger partial charge in [0.25, 0.3) is 5.91 Å². The van der Waals surface area contributed by atoms with Crippen molar-refractivity contribution < 1.29 is 19.4 Å². The molecule has 7 heteroatoms. The van der Waals surface area contributed by atoms with Crippen molar-refractivity contribution in [3.63, 3.8) is 0 Å². The maximum absolute atomic E-state index is 12.6. The number of ether oxygens (including phenoxy) is 2. The van der Waals surface area contributed by atoms with Crippen LogP contribution in [0.3, 0.4) is 0 Å². The first-order chi connectivity index (χ1) is 13.7. The number of nitrogens with zero attached hydrogens (tertiary/aromatic N) is 2. The third-order valence-electron chi connectivity index (χ3n) is 5.56. The van der Waals surface area contributed by atoms with E-state index in [0.717, 1.165) is 44.8 Å². The number of benzene rings is 1. The Morgan fingerprint density at radius 3 is 2.75 bits per heavy atom. The van der Waals surface area contributed by atoms with Crippen LogP contribution < -0.4 is 10.1 Å². The lowest BCUT2D eigenvalue weighted by Gasteiger charge is -2.23. The molecule has 0 radical (unpaired) electrons. The highest BCUT2D eigenvalue weighted by molar-refractivity contribution is 5.94. The molecule has 1 saturated carbocycles. The SMILES string of the molecule is O=C(N[C@@H]1CC(Cn2ccnc2)C[C@H]1O)c1ccc(OC2CCOCC2)cc1. The summed E-state index contributed by atoms with van der Waals surface area (Å²) in [6.45, 7) is 2.27. The van der Waals surface area contributed by atoms with Crippen molar-refractivity contribution in [2.45, 2.75) is 50.5 Å². The van der Waals surface area contributed by atoms with Crippen molar-refractivity contribution in [1.82, 2.24) is 14.9 Å². The zero-order chi connectivity index (χ0) is 19.3. The van der Waals surface area contributed by atoms with Gasteiger partial charge in [-0.3, -0.25) is 4.79 Å². The van der Waals surface area contributed by atoms with Gasteiger partial charge in [0.15, 0.2) is 0 Å². The summed E-state index contributed by atoms with van der Waals surface area (Å²) in [5, 5.41) is 13.3. The molecule has 2 N–H and O–H groups in total. The van der Waals surface area contributed by atoms with Gasteiger partial charge in [-0.05, 0) is 43.0 Å². The fraction of sp³-hybridized carbons (Fsp3) is 0.524. The van der Waals surface area contributed by atoms with E-state index in [2.05, 4.69) is 10.3 Å². The van der Waals surface area contributed by atoms with Crippen molar-refractivity contribution in [2.75, 3.05) is 13.2 Å². The topological polar surface area (TPSA) is 85.6 Å². The predicted octanol–water partition coefficient (Wildman–Crippen LogP) is 2.01. The van der Waals surface area contributed by atoms with Gasteiger partial charge in [-0.1, -0.05) is 0 Å². The number of aromatic nitrogens is 2. The number of carbonyl (C=O) groups is 1. The van der Waals surface area contributed by atoms with Gasteiger partial charge in [-0.15, -0.1) is 0 Å². The van der Waals surface area contributed by atoms with Gasteiger partial charge >= 0.3 is 0 Å². The van der Waals surface area contributed by atoms with E-state index in [0.29, 0.717) is 17.9 Å². The van der Waals surface area contributed by atoms with Crippen LogP contribution in [0.2, 0.25) is 0 Å². The Kier molecular flexibility index (Phi) is 5.92. The third-order valence-corrected chi connectivity index (χ3v) is 5.56. The molecule has 0 spiro atoms.